The van der Waals surface area contributed by atoms with E-state index in [1.807, 2.05) is 6.07 Å². The maximum atomic E-state index is 5.94. The highest BCUT2D eigenvalue weighted by Crippen LogP contribution is 2.20. The van der Waals surface area contributed by atoms with Gasteiger partial charge in [0.1, 0.15) is 5.52 Å². The molecular formula is C12H18N4. The van der Waals surface area contributed by atoms with Gasteiger partial charge in [0.15, 0.2) is 0 Å². The average Bonchev–Trinajstić information content (AvgIpc) is 2.62. The fourth-order valence-corrected chi connectivity index (χ4v) is 2.00. The first-order valence-corrected chi connectivity index (χ1v) is 5.82. The Balaban J connectivity index is 2.39. The quantitative estimate of drug-likeness (QED) is 0.857. The van der Waals surface area contributed by atoms with Crippen molar-refractivity contribution in [2.45, 2.75) is 33.2 Å². The van der Waals surface area contributed by atoms with Gasteiger partial charge in [0.05, 0.1) is 11.7 Å². The van der Waals surface area contributed by atoms with Crippen molar-refractivity contribution in [3.8, 4) is 0 Å². The van der Waals surface area contributed by atoms with Gasteiger partial charge in [-0.25, -0.2) is 4.98 Å². The van der Waals surface area contributed by atoms with Crippen molar-refractivity contribution in [3.05, 3.63) is 18.5 Å². The highest BCUT2D eigenvalue weighted by molar-refractivity contribution is 5.76. The number of hydrogen-bond acceptors (Lipinski definition) is 3. The van der Waals surface area contributed by atoms with E-state index in [0.29, 0.717) is 11.9 Å². The summed E-state index contributed by atoms with van der Waals surface area (Å²) in [4.78, 5) is 8.37. The lowest BCUT2D eigenvalue weighted by Crippen LogP contribution is -2.11. The molecule has 4 nitrogen and oxygen atoms in total. The standard InChI is InChI=1S/C12H18N4/c1-3-9(4-2)8-16-11-5-6-14-7-10(11)15-12(16)13/h5-7,9H,3-4,8H2,1-2H3,(H2,13,15). The van der Waals surface area contributed by atoms with E-state index in [4.69, 9.17) is 5.73 Å². The predicted molar refractivity (Wildman–Crippen MR) is 66.0 cm³/mol. The molecule has 0 fully saturated rings. The Kier molecular flexibility index (Phi) is 3.08. The number of hydrogen-bond donors (Lipinski definition) is 1. The summed E-state index contributed by atoms with van der Waals surface area (Å²) in [5.41, 5.74) is 7.90. The lowest BCUT2D eigenvalue weighted by Gasteiger charge is -2.14. The molecule has 16 heavy (non-hydrogen) atoms. The topological polar surface area (TPSA) is 56.7 Å². The number of aromatic nitrogens is 3. The van der Waals surface area contributed by atoms with E-state index in [1.54, 1.807) is 12.4 Å². The Hall–Kier alpha value is -1.58. The van der Waals surface area contributed by atoms with Crippen LogP contribution >= 0.6 is 0 Å². The van der Waals surface area contributed by atoms with Crippen molar-refractivity contribution in [2.24, 2.45) is 5.92 Å². The summed E-state index contributed by atoms with van der Waals surface area (Å²) < 4.78 is 2.09. The molecule has 0 spiro atoms. The van der Waals surface area contributed by atoms with E-state index < -0.39 is 0 Å². The van der Waals surface area contributed by atoms with Gasteiger partial charge in [0, 0.05) is 12.7 Å². The third-order valence-electron chi connectivity index (χ3n) is 3.18. The molecular weight excluding hydrogens is 200 g/mol. The Labute approximate surface area is 95.5 Å². The number of nitrogens with two attached hydrogens (primary N) is 1. The molecule has 0 radical (unpaired) electrons. The number of imidazole rings is 1. The Morgan fingerprint density at radius 3 is 2.81 bits per heavy atom. The summed E-state index contributed by atoms with van der Waals surface area (Å²) in [7, 11) is 0. The molecule has 0 saturated heterocycles. The van der Waals surface area contributed by atoms with Crippen LogP contribution in [0.25, 0.3) is 11.0 Å². The van der Waals surface area contributed by atoms with Gasteiger partial charge in [-0.3, -0.25) is 4.98 Å². The summed E-state index contributed by atoms with van der Waals surface area (Å²) in [5.74, 6) is 1.25. The molecule has 2 N–H and O–H groups in total. The largest absolute Gasteiger partial charge is 0.369 e. The van der Waals surface area contributed by atoms with Gasteiger partial charge in [-0.05, 0) is 12.0 Å². The monoisotopic (exact) mass is 218 g/mol. The van der Waals surface area contributed by atoms with Crippen LogP contribution in [0, 0.1) is 5.92 Å². The van der Waals surface area contributed by atoms with Gasteiger partial charge in [-0.1, -0.05) is 26.7 Å². The SMILES string of the molecule is CCC(CC)Cn1c(N)nc2cnccc21. The smallest absolute Gasteiger partial charge is 0.201 e. The lowest BCUT2D eigenvalue weighted by molar-refractivity contribution is 0.427. The van der Waals surface area contributed by atoms with E-state index in [-0.39, 0.29) is 0 Å². The molecule has 4 heteroatoms. The molecule has 2 heterocycles. The van der Waals surface area contributed by atoms with Gasteiger partial charge in [-0.15, -0.1) is 0 Å². The van der Waals surface area contributed by atoms with Gasteiger partial charge < -0.3 is 10.3 Å². The van der Waals surface area contributed by atoms with Crippen molar-refractivity contribution in [1.82, 2.24) is 14.5 Å². The van der Waals surface area contributed by atoms with Crippen molar-refractivity contribution < 1.29 is 0 Å². The second-order valence-corrected chi connectivity index (χ2v) is 4.13. The fraction of sp³-hybridized carbons (Fsp3) is 0.500. The molecule has 0 bridgehead atoms. The highest BCUT2D eigenvalue weighted by atomic mass is 15.2. The van der Waals surface area contributed by atoms with Crippen molar-refractivity contribution in [1.29, 1.82) is 0 Å². The zero-order valence-electron chi connectivity index (χ0n) is 9.85. The fourth-order valence-electron chi connectivity index (χ4n) is 2.00. The van der Waals surface area contributed by atoms with Gasteiger partial charge in [0.2, 0.25) is 5.95 Å². The third-order valence-corrected chi connectivity index (χ3v) is 3.18. The second kappa shape index (κ2) is 4.51. The molecule has 0 aliphatic heterocycles. The molecule has 2 aromatic heterocycles. The first-order chi connectivity index (χ1) is 7.76. The van der Waals surface area contributed by atoms with E-state index in [2.05, 4.69) is 28.4 Å². The molecule has 2 rings (SSSR count). The van der Waals surface area contributed by atoms with Crippen molar-refractivity contribution >= 4 is 17.0 Å². The van der Waals surface area contributed by atoms with Gasteiger partial charge >= 0.3 is 0 Å². The third kappa shape index (κ3) is 1.87. The van der Waals surface area contributed by atoms with Crippen molar-refractivity contribution in [2.75, 3.05) is 5.73 Å². The molecule has 0 saturated carbocycles. The lowest BCUT2D eigenvalue weighted by atomic mass is 10.0. The Morgan fingerprint density at radius 2 is 2.12 bits per heavy atom. The van der Waals surface area contributed by atoms with Crippen LogP contribution in [0.5, 0.6) is 0 Å². The minimum atomic E-state index is 0.593. The summed E-state index contributed by atoms with van der Waals surface area (Å²) in [5, 5.41) is 0. The van der Waals surface area contributed by atoms with Crippen LogP contribution < -0.4 is 5.73 Å². The van der Waals surface area contributed by atoms with Crippen LogP contribution in [0.3, 0.4) is 0 Å². The zero-order valence-corrected chi connectivity index (χ0v) is 9.85. The van der Waals surface area contributed by atoms with Crippen LogP contribution in [0.4, 0.5) is 5.95 Å². The van der Waals surface area contributed by atoms with Gasteiger partial charge in [-0.2, -0.15) is 0 Å². The minimum absolute atomic E-state index is 0.593. The minimum Gasteiger partial charge on any atom is -0.369 e. The summed E-state index contributed by atoms with van der Waals surface area (Å²) in [6.45, 7) is 5.37. The van der Waals surface area contributed by atoms with E-state index in [0.717, 1.165) is 17.6 Å². The molecule has 86 valence electrons. The van der Waals surface area contributed by atoms with E-state index >= 15 is 0 Å². The van der Waals surface area contributed by atoms with Crippen LogP contribution in [0.2, 0.25) is 0 Å². The number of nitrogens with zero attached hydrogens (tertiary/aromatic N) is 3. The number of fused-ring (bicyclic) bond motifs is 1. The van der Waals surface area contributed by atoms with Crippen LogP contribution in [0.1, 0.15) is 26.7 Å². The van der Waals surface area contributed by atoms with Gasteiger partial charge in [0.25, 0.3) is 0 Å². The average molecular weight is 218 g/mol. The molecule has 2 aromatic rings. The molecule has 0 aliphatic carbocycles. The first-order valence-electron chi connectivity index (χ1n) is 5.82. The number of pyridine rings is 1. The molecule has 0 atom stereocenters. The Morgan fingerprint density at radius 1 is 1.38 bits per heavy atom. The Bertz CT molecular complexity index is 471. The summed E-state index contributed by atoms with van der Waals surface area (Å²) in [6, 6.07) is 1.97. The van der Waals surface area contributed by atoms with Crippen LogP contribution in [-0.4, -0.2) is 14.5 Å². The molecule has 0 aromatic carbocycles. The summed E-state index contributed by atoms with van der Waals surface area (Å²) >= 11 is 0. The molecule has 0 unspecified atom stereocenters. The maximum absolute atomic E-state index is 5.94. The number of rotatable bonds is 4. The normalized spacial score (nSPS) is 11.4. The highest BCUT2D eigenvalue weighted by Gasteiger charge is 2.11. The molecule has 0 aliphatic rings. The van der Waals surface area contributed by atoms with Crippen LogP contribution in [0.15, 0.2) is 18.5 Å². The number of anilines is 1. The van der Waals surface area contributed by atoms with E-state index in [1.165, 1.54) is 12.8 Å². The maximum Gasteiger partial charge on any atom is 0.201 e. The van der Waals surface area contributed by atoms with E-state index in [9.17, 15) is 0 Å². The van der Waals surface area contributed by atoms with Crippen LogP contribution in [-0.2, 0) is 6.54 Å². The second-order valence-electron chi connectivity index (χ2n) is 4.13. The summed E-state index contributed by atoms with van der Waals surface area (Å²) in [6.07, 6.45) is 5.88. The number of nitrogen functional groups attached to an aromatic ring is 1. The molecule has 0 amide bonds. The predicted octanol–water partition coefficient (Wildman–Crippen LogP) is 2.45. The zero-order chi connectivity index (χ0) is 11.5. The van der Waals surface area contributed by atoms with Crippen molar-refractivity contribution in [3.63, 3.8) is 0 Å². The first kappa shape index (κ1) is 10.9.